The Bertz CT molecular complexity index is 708. The highest BCUT2D eigenvalue weighted by atomic mass is 79.9. The summed E-state index contributed by atoms with van der Waals surface area (Å²) in [4.78, 5) is 10.1. The molecule has 0 aliphatic rings. The van der Waals surface area contributed by atoms with Crippen LogP contribution in [0.2, 0.25) is 0 Å². The minimum absolute atomic E-state index is 0.0903. The molecule has 0 atom stereocenters. The molecule has 0 bridgehead atoms. The van der Waals surface area contributed by atoms with E-state index in [-0.39, 0.29) is 16.9 Å². The maximum absolute atomic E-state index is 13.7. The van der Waals surface area contributed by atoms with Gasteiger partial charge in [-0.15, -0.1) is 0 Å². The van der Waals surface area contributed by atoms with Crippen LogP contribution in [0.3, 0.4) is 0 Å². The second-order valence-corrected chi connectivity index (χ2v) is 4.68. The summed E-state index contributed by atoms with van der Waals surface area (Å²) in [6, 6.07) is 10.1. The molecule has 1 N–H and O–H groups in total. The standard InChI is InChI=1S/C13H7BrFN3O2/c14-10-2-1-3-11(15)13(10)17-9-4-5-12(18(19)20)8(6-9)7-16/h1-6,17H. The largest absolute Gasteiger partial charge is 0.352 e. The highest BCUT2D eigenvalue weighted by molar-refractivity contribution is 9.10. The van der Waals surface area contributed by atoms with E-state index in [2.05, 4.69) is 21.2 Å². The summed E-state index contributed by atoms with van der Waals surface area (Å²) < 4.78 is 14.2. The predicted molar refractivity (Wildman–Crippen MR) is 75.2 cm³/mol. The molecular formula is C13H7BrFN3O2. The first-order valence-electron chi connectivity index (χ1n) is 5.42. The molecule has 2 aromatic rings. The van der Waals surface area contributed by atoms with Gasteiger partial charge in [-0.2, -0.15) is 5.26 Å². The van der Waals surface area contributed by atoms with Crippen LogP contribution in [0.4, 0.5) is 21.5 Å². The lowest BCUT2D eigenvalue weighted by Gasteiger charge is -2.09. The summed E-state index contributed by atoms with van der Waals surface area (Å²) in [5.74, 6) is -0.476. The zero-order valence-electron chi connectivity index (χ0n) is 9.93. The van der Waals surface area contributed by atoms with E-state index >= 15 is 0 Å². The van der Waals surface area contributed by atoms with E-state index in [0.29, 0.717) is 10.2 Å². The third kappa shape index (κ3) is 2.75. The summed E-state index contributed by atoms with van der Waals surface area (Å²) >= 11 is 3.20. The number of rotatable bonds is 3. The van der Waals surface area contributed by atoms with Gasteiger partial charge in [0.2, 0.25) is 0 Å². The average Bonchev–Trinajstić information content (AvgIpc) is 2.42. The second-order valence-electron chi connectivity index (χ2n) is 3.82. The fourth-order valence-corrected chi connectivity index (χ4v) is 2.07. The van der Waals surface area contributed by atoms with Crippen LogP contribution in [0.5, 0.6) is 0 Å². The number of nitro benzene ring substituents is 1. The number of nitro groups is 1. The molecule has 2 aromatic carbocycles. The monoisotopic (exact) mass is 335 g/mol. The van der Waals surface area contributed by atoms with Crippen molar-refractivity contribution in [2.45, 2.75) is 0 Å². The number of nitrogens with zero attached hydrogens (tertiary/aromatic N) is 2. The zero-order valence-corrected chi connectivity index (χ0v) is 11.5. The van der Waals surface area contributed by atoms with E-state index in [1.54, 1.807) is 18.2 Å². The molecule has 0 amide bonds. The summed E-state index contributed by atoms with van der Waals surface area (Å²) in [6.45, 7) is 0. The molecule has 0 saturated carbocycles. The van der Waals surface area contributed by atoms with Gasteiger partial charge in [0.1, 0.15) is 17.4 Å². The van der Waals surface area contributed by atoms with Crippen LogP contribution in [0.25, 0.3) is 0 Å². The summed E-state index contributed by atoms with van der Waals surface area (Å²) in [5, 5.41) is 22.4. The van der Waals surface area contributed by atoms with Crippen molar-refractivity contribution < 1.29 is 9.31 Å². The van der Waals surface area contributed by atoms with Crippen LogP contribution in [0.15, 0.2) is 40.9 Å². The first kappa shape index (κ1) is 14.0. The van der Waals surface area contributed by atoms with Crippen molar-refractivity contribution in [2.24, 2.45) is 0 Å². The number of anilines is 2. The second kappa shape index (κ2) is 5.67. The molecular weight excluding hydrogens is 329 g/mol. The molecule has 100 valence electrons. The number of hydrogen-bond acceptors (Lipinski definition) is 4. The van der Waals surface area contributed by atoms with Gasteiger partial charge >= 0.3 is 0 Å². The predicted octanol–water partition coefficient (Wildman–Crippen LogP) is 4.11. The van der Waals surface area contributed by atoms with Crippen molar-refractivity contribution in [3.05, 3.63) is 62.4 Å². The number of nitriles is 1. The zero-order chi connectivity index (χ0) is 14.7. The van der Waals surface area contributed by atoms with E-state index in [0.717, 1.165) is 0 Å². The third-order valence-electron chi connectivity index (χ3n) is 2.55. The van der Waals surface area contributed by atoms with E-state index < -0.39 is 10.7 Å². The molecule has 0 radical (unpaired) electrons. The van der Waals surface area contributed by atoms with Crippen LogP contribution >= 0.6 is 15.9 Å². The van der Waals surface area contributed by atoms with Crippen molar-refractivity contribution in [3.63, 3.8) is 0 Å². The van der Waals surface area contributed by atoms with Gasteiger partial charge < -0.3 is 5.32 Å². The first-order chi connectivity index (χ1) is 9.52. The Morgan fingerprint density at radius 3 is 2.70 bits per heavy atom. The number of hydrogen-bond donors (Lipinski definition) is 1. The molecule has 0 aliphatic heterocycles. The molecule has 7 heteroatoms. The maximum Gasteiger partial charge on any atom is 0.287 e. The van der Waals surface area contributed by atoms with E-state index in [1.165, 1.54) is 24.3 Å². The topological polar surface area (TPSA) is 79.0 Å². The molecule has 0 aliphatic carbocycles. The average molecular weight is 336 g/mol. The van der Waals surface area contributed by atoms with Gasteiger partial charge in [-0.05, 0) is 40.2 Å². The number of halogens is 2. The van der Waals surface area contributed by atoms with Crippen LogP contribution in [0, 0.1) is 27.3 Å². The lowest BCUT2D eigenvalue weighted by atomic mass is 10.1. The van der Waals surface area contributed by atoms with Crippen molar-refractivity contribution in [1.29, 1.82) is 5.26 Å². The van der Waals surface area contributed by atoms with Gasteiger partial charge in [-0.3, -0.25) is 10.1 Å². The van der Waals surface area contributed by atoms with Crippen LogP contribution in [-0.4, -0.2) is 4.92 Å². The molecule has 0 aromatic heterocycles. The molecule has 0 unspecified atom stereocenters. The normalized spacial score (nSPS) is 9.85. The highest BCUT2D eigenvalue weighted by Gasteiger charge is 2.14. The van der Waals surface area contributed by atoms with Gasteiger partial charge in [0.25, 0.3) is 5.69 Å². The van der Waals surface area contributed by atoms with Crippen molar-refractivity contribution in [3.8, 4) is 6.07 Å². The minimum Gasteiger partial charge on any atom is -0.352 e. The number of benzene rings is 2. The van der Waals surface area contributed by atoms with Gasteiger partial charge in [0.05, 0.1) is 10.6 Å². The Hall–Kier alpha value is -2.46. The molecule has 5 nitrogen and oxygen atoms in total. The van der Waals surface area contributed by atoms with Gasteiger partial charge in [0.15, 0.2) is 0 Å². The summed E-state index contributed by atoms with van der Waals surface area (Å²) in [5.41, 5.74) is 0.210. The Morgan fingerprint density at radius 1 is 1.35 bits per heavy atom. The molecule has 0 spiro atoms. The third-order valence-corrected chi connectivity index (χ3v) is 3.21. The van der Waals surface area contributed by atoms with Crippen LogP contribution in [0.1, 0.15) is 5.56 Å². The fourth-order valence-electron chi connectivity index (χ4n) is 1.62. The Morgan fingerprint density at radius 2 is 2.10 bits per heavy atom. The minimum atomic E-state index is -0.638. The molecule has 0 heterocycles. The molecule has 2 rings (SSSR count). The quantitative estimate of drug-likeness (QED) is 0.676. The first-order valence-corrected chi connectivity index (χ1v) is 6.22. The van der Waals surface area contributed by atoms with Gasteiger partial charge in [0, 0.05) is 16.2 Å². The number of para-hydroxylation sites is 1. The molecule has 0 fully saturated rings. The fraction of sp³-hybridized carbons (Fsp3) is 0. The van der Waals surface area contributed by atoms with E-state index in [9.17, 15) is 14.5 Å². The Labute approximate surface area is 121 Å². The maximum atomic E-state index is 13.7. The number of nitrogens with one attached hydrogen (secondary N) is 1. The molecule has 0 saturated heterocycles. The SMILES string of the molecule is N#Cc1cc(Nc2c(F)cccc2Br)ccc1[N+](=O)[O-]. The van der Waals surface area contributed by atoms with Crippen molar-refractivity contribution >= 4 is 33.0 Å². The highest BCUT2D eigenvalue weighted by Crippen LogP contribution is 2.30. The van der Waals surface area contributed by atoms with Crippen molar-refractivity contribution in [2.75, 3.05) is 5.32 Å². The molecule has 20 heavy (non-hydrogen) atoms. The lowest BCUT2D eigenvalue weighted by molar-refractivity contribution is -0.385. The Balaban J connectivity index is 2.41. The van der Waals surface area contributed by atoms with Gasteiger partial charge in [-0.1, -0.05) is 6.07 Å². The van der Waals surface area contributed by atoms with Crippen LogP contribution < -0.4 is 5.32 Å². The summed E-state index contributed by atoms with van der Waals surface area (Å²) in [7, 11) is 0. The van der Waals surface area contributed by atoms with E-state index in [4.69, 9.17) is 5.26 Å². The van der Waals surface area contributed by atoms with E-state index in [1.807, 2.05) is 0 Å². The summed E-state index contributed by atoms with van der Waals surface area (Å²) in [6.07, 6.45) is 0. The van der Waals surface area contributed by atoms with Crippen LogP contribution in [-0.2, 0) is 0 Å². The lowest BCUT2D eigenvalue weighted by Crippen LogP contribution is -1.97. The Kier molecular flexibility index (Phi) is 3.96. The van der Waals surface area contributed by atoms with Crippen molar-refractivity contribution in [1.82, 2.24) is 0 Å². The van der Waals surface area contributed by atoms with Gasteiger partial charge in [-0.25, -0.2) is 4.39 Å². The smallest absolute Gasteiger partial charge is 0.287 e.